The maximum Gasteiger partial charge on any atom is 0.573 e. The fraction of sp³-hybridized carbons (Fsp3) is 0.133. The number of carbonyl (C=O) groups is 1. The average molecular weight is 298 g/mol. The van der Waals surface area contributed by atoms with E-state index >= 15 is 0 Å². The van der Waals surface area contributed by atoms with E-state index in [-0.39, 0.29) is 11.1 Å². The lowest BCUT2D eigenvalue weighted by Gasteiger charge is -2.10. The fourth-order valence-electron chi connectivity index (χ4n) is 1.79. The van der Waals surface area contributed by atoms with Gasteiger partial charge in [-0.1, -0.05) is 18.2 Å². The van der Waals surface area contributed by atoms with E-state index in [1.54, 1.807) is 13.0 Å². The van der Waals surface area contributed by atoms with Gasteiger partial charge in [0.15, 0.2) is 5.78 Å². The molecule has 0 atom stereocenters. The molecule has 0 aliphatic carbocycles. The van der Waals surface area contributed by atoms with Gasteiger partial charge in [0, 0.05) is 5.56 Å². The highest BCUT2D eigenvalue weighted by atomic mass is 19.4. The summed E-state index contributed by atoms with van der Waals surface area (Å²) in [6, 6.07) is 8.55. The van der Waals surface area contributed by atoms with E-state index in [1.165, 1.54) is 24.3 Å². The number of alkyl halides is 3. The molecule has 2 rings (SSSR count). The van der Waals surface area contributed by atoms with Gasteiger partial charge in [0.25, 0.3) is 0 Å². The van der Waals surface area contributed by atoms with E-state index in [0.29, 0.717) is 5.56 Å². The Hall–Kier alpha value is -2.37. The van der Waals surface area contributed by atoms with E-state index in [1.807, 2.05) is 0 Å². The predicted molar refractivity (Wildman–Crippen MR) is 67.7 cm³/mol. The zero-order chi connectivity index (χ0) is 15.6. The van der Waals surface area contributed by atoms with Crippen LogP contribution in [0, 0.1) is 12.7 Å². The molecule has 0 saturated heterocycles. The number of rotatable bonds is 3. The van der Waals surface area contributed by atoms with Gasteiger partial charge in [-0.25, -0.2) is 4.39 Å². The Morgan fingerprint density at radius 1 is 1.10 bits per heavy atom. The summed E-state index contributed by atoms with van der Waals surface area (Å²) in [5.41, 5.74) is 0.350. The topological polar surface area (TPSA) is 26.3 Å². The highest BCUT2D eigenvalue weighted by molar-refractivity contribution is 6.09. The average Bonchev–Trinajstić information content (AvgIpc) is 2.36. The molecular weight excluding hydrogens is 288 g/mol. The summed E-state index contributed by atoms with van der Waals surface area (Å²) in [6.07, 6.45) is -4.85. The van der Waals surface area contributed by atoms with Gasteiger partial charge < -0.3 is 4.74 Å². The first-order chi connectivity index (χ1) is 9.76. The standard InChI is InChI=1S/C15H10F4O2/c1-9-5-6-12(13(16)7-9)14(20)10-3-2-4-11(8-10)21-15(17,18)19/h2-8H,1H3. The maximum atomic E-state index is 13.7. The third kappa shape index (κ3) is 3.81. The van der Waals surface area contributed by atoms with Gasteiger partial charge in [-0.3, -0.25) is 4.79 Å². The van der Waals surface area contributed by atoms with Crippen LogP contribution in [-0.4, -0.2) is 12.1 Å². The second-order valence-electron chi connectivity index (χ2n) is 4.39. The van der Waals surface area contributed by atoms with Gasteiger partial charge in [0.05, 0.1) is 5.56 Å². The maximum absolute atomic E-state index is 13.7. The number of carbonyl (C=O) groups excluding carboxylic acids is 1. The third-order valence-corrected chi connectivity index (χ3v) is 2.70. The second kappa shape index (κ2) is 5.55. The van der Waals surface area contributed by atoms with Crippen LogP contribution in [0.3, 0.4) is 0 Å². The van der Waals surface area contributed by atoms with Crippen LogP contribution in [-0.2, 0) is 0 Å². The number of ketones is 1. The quantitative estimate of drug-likeness (QED) is 0.625. The molecular formula is C15H10F4O2. The summed E-state index contributed by atoms with van der Waals surface area (Å²) in [6.45, 7) is 1.66. The minimum atomic E-state index is -4.85. The smallest absolute Gasteiger partial charge is 0.406 e. The Bertz CT molecular complexity index is 678. The molecule has 0 saturated carbocycles. The molecule has 0 N–H and O–H groups in total. The predicted octanol–water partition coefficient (Wildman–Crippen LogP) is 4.26. The first kappa shape index (κ1) is 15.0. The van der Waals surface area contributed by atoms with Gasteiger partial charge in [-0.05, 0) is 36.8 Å². The number of ether oxygens (including phenoxy) is 1. The lowest BCUT2D eigenvalue weighted by Crippen LogP contribution is -2.17. The molecule has 0 aliphatic heterocycles. The van der Waals surface area contributed by atoms with Crippen molar-refractivity contribution in [2.75, 3.05) is 0 Å². The van der Waals surface area contributed by atoms with Gasteiger partial charge in [0.2, 0.25) is 0 Å². The van der Waals surface area contributed by atoms with E-state index in [2.05, 4.69) is 4.74 Å². The molecule has 0 bridgehead atoms. The zero-order valence-electron chi connectivity index (χ0n) is 10.9. The van der Waals surface area contributed by atoms with Crippen LogP contribution in [0.5, 0.6) is 5.75 Å². The Morgan fingerprint density at radius 3 is 2.43 bits per heavy atom. The molecule has 110 valence electrons. The van der Waals surface area contributed by atoms with Crippen LogP contribution in [0.1, 0.15) is 21.5 Å². The molecule has 2 aromatic rings. The van der Waals surface area contributed by atoms with Crippen LogP contribution < -0.4 is 4.74 Å². The second-order valence-corrected chi connectivity index (χ2v) is 4.39. The minimum absolute atomic E-state index is 0.0838. The normalized spacial score (nSPS) is 11.3. The van der Waals surface area contributed by atoms with Gasteiger partial charge >= 0.3 is 6.36 Å². The van der Waals surface area contributed by atoms with E-state index in [4.69, 9.17) is 0 Å². The van der Waals surface area contributed by atoms with Crippen LogP contribution in [0.2, 0.25) is 0 Å². The molecule has 21 heavy (non-hydrogen) atoms. The lowest BCUT2D eigenvalue weighted by atomic mass is 10.0. The van der Waals surface area contributed by atoms with Crippen molar-refractivity contribution < 1.29 is 27.1 Å². The first-order valence-electron chi connectivity index (χ1n) is 5.93. The Kier molecular flexibility index (Phi) is 3.97. The highest BCUT2D eigenvalue weighted by Gasteiger charge is 2.31. The van der Waals surface area contributed by atoms with Crippen molar-refractivity contribution >= 4 is 5.78 Å². The molecule has 0 aliphatic rings. The van der Waals surface area contributed by atoms with Crippen LogP contribution in [0.4, 0.5) is 17.6 Å². The molecule has 2 nitrogen and oxygen atoms in total. The SMILES string of the molecule is Cc1ccc(C(=O)c2cccc(OC(F)(F)F)c2)c(F)c1. The summed E-state index contributed by atoms with van der Waals surface area (Å²) < 4.78 is 53.9. The largest absolute Gasteiger partial charge is 0.573 e. The first-order valence-corrected chi connectivity index (χ1v) is 5.93. The molecule has 0 spiro atoms. The molecule has 0 fully saturated rings. The van der Waals surface area contributed by atoms with Crippen molar-refractivity contribution in [2.45, 2.75) is 13.3 Å². The molecule has 2 aromatic carbocycles. The number of hydrogen-bond donors (Lipinski definition) is 0. The van der Waals surface area contributed by atoms with Gasteiger partial charge in [-0.15, -0.1) is 13.2 Å². The third-order valence-electron chi connectivity index (χ3n) is 2.70. The summed E-state index contributed by atoms with van der Waals surface area (Å²) in [5, 5.41) is 0. The van der Waals surface area contributed by atoms with Crippen LogP contribution >= 0.6 is 0 Å². The van der Waals surface area contributed by atoms with E-state index in [9.17, 15) is 22.4 Å². The van der Waals surface area contributed by atoms with Crippen molar-refractivity contribution in [1.29, 1.82) is 0 Å². The van der Waals surface area contributed by atoms with E-state index in [0.717, 1.165) is 12.1 Å². The van der Waals surface area contributed by atoms with Crippen molar-refractivity contribution in [2.24, 2.45) is 0 Å². The number of hydrogen-bond acceptors (Lipinski definition) is 2. The minimum Gasteiger partial charge on any atom is -0.406 e. The van der Waals surface area contributed by atoms with Crippen molar-refractivity contribution in [3.05, 3.63) is 65.0 Å². The van der Waals surface area contributed by atoms with Crippen molar-refractivity contribution in [1.82, 2.24) is 0 Å². The van der Waals surface area contributed by atoms with Crippen molar-refractivity contribution in [3.63, 3.8) is 0 Å². The molecule has 0 aromatic heterocycles. The summed E-state index contributed by atoms with van der Waals surface area (Å²) in [5.74, 6) is -1.96. The molecule has 6 heteroatoms. The lowest BCUT2D eigenvalue weighted by molar-refractivity contribution is -0.274. The molecule has 0 unspecified atom stereocenters. The number of halogens is 4. The summed E-state index contributed by atoms with van der Waals surface area (Å²) >= 11 is 0. The zero-order valence-corrected chi connectivity index (χ0v) is 10.9. The molecule has 0 amide bonds. The van der Waals surface area contributed by atoms with Crippen LogP contribution in [0.25, 0.3) is 0 Å². The number of benzene rings is 2. The Balaban J connectivity index is 2.33. The summed E-state index contributed by atoms with van der Waals surface area (Å²) in [7, 11) is 0. The number of aryl methyl sites for hydroxylation is 1. The van der Waals surface area contributed by atoms with Gasteiger partial charge in [-0.2, -0.15) is 0 Å². The highest BCUT2D eigenvalue weighted by Crippen LogP contribution is 2.24. The van der Waals surface area contributed by atoms with E-state index < -0.39 is 23.7 Å². The fourth-order valence-corrected chi connectivity index (χ4v) is 1.79. The molecule has 0 heterocycles. The van der Waals surface area contributed by atoms with Crippen molar-refractivity contribution in [3.8, 4) is 5.75 Å². The monoisotopic (exact) mass is 298 g/mol. The van der Waals surface area contributed by atoms with Crippen LogP contribution in [0.15, 0.2) is 42.5 Å². The molecule has 0 radical (unpaired) electrons. The Morgan fingerprint density at radius 2 is 1.81 bits per heavy atom. The summed E-state index contributed by atoms with van der Waals surface area (Å²) in [4.78, 5) is 12.1. The van der Waals surface area contributed by atoms with Gasteiger partial charge in [0.1, 0.15) is 11.6 Å². The Labute approximate surface area is 118 Å².